The average molecular weight is 386 g/mol. The Kier molecular flexibility index (Phi) is 5.50. The van der Waals surface area contributed by atoms with Crippen molar-refractivity contribution in [3.8, 4) is 0 Å². The molecule has 0 heterocycles. The van der Waals surface area contributed by atoms with E-state index in [1.807, 2.05) is 0 Å². The molecule has 0 bridgehead atoms. The molecule has 0 radical (unpaired) electrons. The molecule has 1 aromatic rings. The van der Waals surface area contributed by atoms with Gasteiger partial charge in [0.15, 0.2) is 23.2 Å². The van der Waals surface area contributed by atoms with E-state index in [4.69, 9.17) is 0 Å². The first-order chi connectivity index (χ1) is 11.9. The number of sulfonamides is 1. The molecule has 6 nitrogen and oxygen atoms in total. The highest BCUT2D eigenvalue weighted by atomic mass is 32.2. The fraction of sp³-hybridized carbons (Fsp3) is 0.412. The number of halogens is 2. The summed E-state index contributed by atoms with van der Waals surface area (Å²) in [4.78, 5) is 26.9. The van der Waals surface area contributed by atoms with Crippen molar-refractivity contribution in [1.82, 2.24) is 4.90 Å². The number of benzene rings is 1. The van der Waals surface area contributed by atoms with Crippen LogP contribution in [-0.2, 0) is 14.8 Å². The van der Waals surface area contributed by atoms with Crippen LogP contribution < -0.4 is 4.31 Å². The van der Waals surface area contributed by atoms with Gasteiger partial charge >= 0.3 is 0 Å². The molecule has 0 aromatic heterocycles. The zero-order valence-corrected chi connectivity index (χ0v) is 15.7. The minimum Gasteiger partial charge on any atom is -0.383 e. The summed E-state index contributed by atoms with van der Waals surface area (Å²) in [5.74, 6) is -4.27. The van der Waals surface area contributed by atoms with Crippen LogP contribution in [0.15, 0.2) is 23.9 Å². The molecular weight excluding hydrogens is 366 g/mol. The maximum Gasteiger partial charge on any atom is 0.232 e. The van der Waals surface area contributed by atoms with Crippen LogP contribution in [-0.4, -0.2) is 52.3 Å². The number of allylic oxidation sites excluding steroid dienone is 1. The molecule has 1 aliphatic carbocycles. The number of rotatable bonds is 7. The second-order valence-corrected chi connectivity index (χ2v) is 8.48. The van der Waals surface area contributed by atoms with Crippen LogP contribution in [0.4, 0.5) is 14.5 Å². The molecule has 0 N–H and O–H groups in total. The van der Waals surface area contributed by atoms with Crippen LogP contribution in [0.1, 0.15) is 23.2 Å². The van der Waals surface area contributed by atoms with Crippen molar-refractivity contribution in [2.75, 3.05) is 31.7 Å². The van der Waals surface area contributed by atoms with Gasteiger partial charge in [-0.3, -0.25) is 13.9 Å². The standard InChI is InChI=1S/C17H20F2N2O4S/c1-20(2)9-12(16(22)10-5-6-10)17(23)11-7-8-13(18)14(19)15(11)21(3)26(4,24)25/h7-10H,5-6H2,1-4H3. The molecule has 142 valence electrons. The predicted molar refractivity (Wildman–Crippen MR) is 93.4 cm³/mol. The molecule has 0 atom stereocenters. The number of carbonyl (C=O) groups excluding carboxylic acids is 2. The SMILES string of the molecule is CN(C)C=C(C(=O)c1ccc(F)c(F)c1N(C)S(C)(=O)=O)C(=O)C1CC1. The maximum atomic E-state index is 14.4. The van der Waals surface area contributed by atoms with Crippen LogP contribution in [0.5, 0.6) is 0 Å². The second-order valence-electron chi connectivity index (χ2n) is 6.46. The summed E-state index contributed by atoms with van der Waals surface area (Å²) in [5, 5.41) is 0. The molecule has 0 amide bonds. The summed E-state index contributed by atoms with van der Waals surface area (Å²) in [5.41, 5.74) is -1.30. The van der Waals surface area contributed by atoms with Crippen molar-refractivity contribution in [3.05, 3.63) is 41.1 Å². The molecule has 0 spiro atoms. The Morgan fingerprint density at radius 2 is 1.73 bits per heavy atom. The minimum absolute atomic E-state index is 0.188. The monoisotopic (exact) mass is 386 g/mol. The number of hydrogen-bond acceptors (Lipinski definition) is 5. The van der Waals surface area contributed by atoms with Gasteiger partial charge in [-0.25, -0.2) is 17.2 Å². The van der Waals surface area contributed by atoms with Gasteiger partial charge in [-0.05, 0) is 25.0 Å². The topological polar surface area (TPSA) is 74.8 Å². The Morgan fingerprint density at radius 3 is 2.19 bits per heavy atom. The molecule has 1 fully saturated rings. The third-order valence-electron chi connectivity index (χ3n) is 3.97. The molecule has 2 rings (SSSR count). The summed E-state index contributed by atoms with van der Waals surface area (Å²) in [6.45, 7) is 0. The maximum absolute atomic E-state index is 14.4. The fourth-order valence-electron chi connectivity index (χ4n) is 2.40. The van der Waals surface area contributed by atoms with Crippen LogP contribution in [0, 0.1) is 17.6 Å². The van der Waals surface area contributed by atoms with Gasteiger partial charge in [-0.1, -0.05) is 0 Å². The Bertz CT molecular complexity index is 890. The lowest BCUT2D eigenvalue weighted by Gasteiger charge is -2.21. The molecule has 0 aliphatic heterocycles. The molecule has 0 saturated heterocycles. The summed E-state index contributed by atoms with van der Waals surface area (Å²) < 4.78 is 52.1. The van der Waals surface area contributed by atoms with Gasteiger partial charge < -0.3 is 4.90 Å². The zero-order valence-electron chi connectivity index (χ0n) is 14.9. The molecular formula is C17H20F2N2O4S. The minimum atomic E-state index is -3.96. The quantitative estimate of drug-likeness (QED) is 0.310. The van der Waals surface area contributed by atoms with Gasteiger partial charge in [0.25, 0.3) is 0 Å². The van der Waals surface area contributed by atoms with E-state index in [0.29, 0.717) is 17.1 Å². The van der Waals surface area contributed by atoms with Crippen molar-refractivity contribution in [3.63, 3.8) is 0 Å². The highest BCUT2D eigenvalue weighted by molar-refractivity contribution is 7.92. The number of nitrogens with zero attached hydrogens (tertiary/aromatic N) is 2. The first-order valence-electron chi connectivity index (χ1n) is 7.84. The van der Waals surface area contributed by atoms with Crippen molar-refractivity contribution in [2.24, 2.45) is 5.92 Å². The molecule has 1 aromatic carbocycles. The van der Waals surface area contributed by atoms with Gasteiger partial charge in [0.1, 0.15) is 5.69 Å². The number of anilines is 1. The van der Waals surface area contributed by atoms with Crippen molar-refractivity contribution >= 4 is 27.3 Å². The summed E-state index contributed by atoms with van der Waals surface area (Å²) >= 11 is 0. The Hall–Kier alpha value is -2.29. The van der Waals surface area contributed by atoms with Gasteiger partial charge in [0.05, 0.1) is 17.4 Å². The predicted octanol–water partition coefficient (Wildman–Crippen LogP) is 1.97. The smallest absolute Gasteiger partial charge is 0.232 e. The van der Waals surface area contributed by atoms with Crippen molar-refractivity contribution in [2.45, 2.75) is 12.8 Å². The first-order valence-corrected chi connectivity index (χ1v) is 9.69. The van der Waals surface area contributed by atoms with E-state index in [1.54, 1.807) is 14.1 Å². The number of hydrogen-bond donors (Lipinski definition) is 0. The highest BCUT2D eigenvalue weighted by Gasteiger charge is 2.36. The Labute approximate surface area is 151 Å². The lowest BCUT2D eigenvalue weighted by molar-refractivity contribution is -0.116. The number of carbonyl (C=O) groups is 2. The molecule has 0 unspecified atom stereocenters. The van der Waals surface area contributed by atoms with Crippen LogP contribution >= 0.6 is 0 Å². The second kappa shape index (κ2) is 7.14. The Morgan fingerprint density at radius 1 is 1.15 bits per heavy atom. The molecule has 1 aliphatic rings. The normalized spacial score (nSPS) is 14.9. The number of ketones is 2. The largest absolute Gasteiger partial charge is 0.383 e. The highest BCUT2D eigenvalue weighted by Crippen LogP contribution is 2.35. The van der Waals surface area contributed by atoms with Crippen LogP contribution in [0.25, 0.3) is 0 Å². The Balaban J connectivity index is 2.64. The summed E-state index contributed by atoms with van der Waals surface area (Å²) in [7, 11) is 0.278. The van der Waals surface area contributed by atoms with E-state index in [2.05, 4.69) is 0 Å². The third kappa shape index (κ3) is 4.09. The average Bonchev–Trinajstić information content (AvgIpc) is 3.37. The van der Waals surface area contributed by atoms with E-state index in [9.17, 15) is 26.8 Å². The van der Waals surface area contributed by atoms with E-state index in [-0.39, 0.29) is 22.8 Å². The van der Waals surface area contributed by atoms with Crippen LogP contribution in [0.2, 0.25) is 0 Å². The zero-order chi connectivity index (χ0) is 19.8. The fourth-order valence-corrected chi connectivity index (χ4v) is 2.91. The van der Waals surface area contributed by atoms with E-state index >= 15 is 0 Å². The summed E-state index contributed by atoms with van der Waals surface area (Å²) in [6, 6.07) is 1.72. The van der Waals surface area contributed by atoms with Gasteiger partial charge in [-0.15, -0.1) is 0 Å². The van der Waals surface area contributed by atoms with Gasteiger partial charge in [0.2, 0.25) is 10.0 Å². The van der Waals surface area contributed by atoms with E-state index < -0.39 is 33.1 Å². The van der Waals surface area contributed by atoms with Crippen molar-refractivity contribution < 1.29 is 26.8 Å². The third-order valence-corrected chi connectivity index (χ3v) is 5.15. The van der Waals surface area contributed by atoms with Crippen LogP contribution in [0.3, 0.4) is 0 Å². The lowest BCUT2D eigenvalue weighted by Crippen LogP contribution is -2.29. The molecule has 1 saturated carbocycles. The van der Waals surface area contributed by atoms with E-state index in [1.165, 1.54) is 11.1 Å². The first kappa shape index (κ1) is 20.0. The molecule has 26 heavy (non-hydrogen) atoms. The molecule has 9 heteroatoms. The van der Waals surface area contributed by atoms with Gasteiger partial charge in [-0.2, -0.15) is 0 Å². The van der Waals surface area contributed by atoms with Gasteiger partial charge in [0, 0.05) is 33.3 Å². The number of Topliss-reactive ketones (excluding diaryl/α,β-unsaturated/α-hetero) is 2. The van der Waals surface area contributed by atoms with E-state index in [0.717, 1.165) is 25.4 Å². The van der Waals surface area contributed by atoms with Crippen molar-refractivity contribution in [1.29, 1.82) is 0 Å². The lowest BCUT2D eigenvalue weighted by atomic mass is 9.96. The summed E-state index contributed by atoms with van der Waals surface area (Å²) in [6.07, 6.45) is 3.43.